The molecule has 0 radical (unpaired) electrons. The first-order chi connectivity index (χ1) is 9.24. The number of hydrogen-bond donors (Lipinski definition) is 1. The average Bonchev–Trinajstić information content (AvgIpc) is 2.82. The predicted molar refractivity (Wildman–Crippen MR) is 71.0 cm³/mol. The zero-order chi connectivity index (χ0) is 15.1. The number of amides is 1. The van der Waals surface area contributed by atoms with E-state index in [0.717, 1.165) is 0 Å². The van der Waals surface area contributed by atoms with E-state index in [1.165, 1.54) is 4.90 Å². The van der Waals surface area contributed by atoms with Crippen molar-refractivity contribution in [3.8, 4) is 0 Å². The molecule has 1 aliphatic heterocycles. The fraction of sp³-hybridized carbons (Fsp3) is 0.857. The van der Waals surface area contributed by atoms with Gasteiger partial charge in [-0.15, -0.1) is 0 Å². The number of rotatable bonds is 2. The number of nitrogens with zero attached hydrogens (tertiary/aromatic N) is 1. The van der Waals surface area contributed by atoms with Crippen molar-refractivity contribution in [3.63, 3.8) is 0 Å². The molecule has 1 saturated carbocycles. The van der Waals surface area contributed by atoms with E-state index in [1.807, 2.05) is 0 Å². The van der Waals surface area contributed by atoms with E-state index in [2.05, 4.69) is 0 Å². The number of carbonyl (C=O) groups is 2. The molecule has 1 saturated heterocycles. The Morgan fingerprint density at radius 2 is 1.95 bits per heavy atom. The van der Waals surface area contributed by atoms with Crippen LogP contribution in [0.5, 0.6) is 0 Å². The van der Waals surface area contributed by atoms with Gasteiger partial charge in [-0.1, -0.05) is 0 Å². The number of piperidine rings is 1. The SMILES string of the molecule is CCOC(=O)[C@@H]1[C@@H]2C[C@@H](C[C@@H]2O)N1C(=O)OC(C)(C)C. The van der Waals surface area contributed by atoms with Gasteiger partial charge in [-0.25, -0.2) is 9.59 Å². The van der Waals surface area contributed by atoms with Crippen LogP contribution in [0.3, 0.4) is 0 Å². The first kappa shape index (κ1) is 15.1. The fourth-order valence-corrected chi connectivity index (χ4v) is 3.11. The van der Waals surface area contributed by atoms with Gasteiger partial charge in [0.1, 0.15) is 11.6 Å². The molecular weight excluding hydrogens is 262 g/mol. The van der Waals surface area contributed by atoms with Crippen molar-refractivity contribution in [2.24, 2.45) is 5.92 Å². The van der Waals surface area contributed by atoms with Gasteiger partial charge in [0, 0.05) is 12.0 Å². The van der Waals surface area contributed by atoms with Gasteiger partial charge in [-0.05, 0) is 40.5 Å². The van der Waals surface area contributed by atoms with Gasteiger partial charge in [0.15, 0.2) is 0 Å². The van der Waals surface area contributed by atoms with Gasteiger partial charge in [0.2, 0.25) is 0 Å². The van der Waals surface area contributed by atoms with Crippen LogP contribution in [0.25, 0.3) is 0 Å². The molecule has 1 aliphatic carbocycles. The van der Waals surface area contributed by atoms with Crippen LogP contribution in [0.1, 0.15) is 40.5 Å². The normalized spacial score (nSPS) is 32.4. The minimum Gasteiger partial charge on any atom is -0.464 e. The van der Waals surface area contributed by atoms with E-state index in [0.29, 0.717) is 12.8 Å². The third kappa shape index (κ3) is 2.75. The third-order valence-electron chi connectivity index (χ3n) is 3.78. The van der Waals surface area contributed by atoms with E-state index in [4.69, 9.17) is 9.47 Å². The molecule has 0 spiro atoms. The standard InChI is InChI=1S/C14H23NO5/c1-5-19-12(17)11-9-6-8(7-10(9)16)15(11)13(18)20-14(2,3)4/h8-11,16H,5-7H2,1-4H3/t8-,9+,10-,11-/m0/s1. The van der Waals surface area contributed by atoms with Crippen LogP contribution in [-0.4, -0.2) is 52.5 Å². The molecule has 1 N–H and O–H groups in total. The fourth-order valence-electron chi connectivity index (χ4n) is 3.11. The summed E-state index contributed by atoms with van der Waals surface area (Å²) in [6, 6.07) is -0.863. The lowest BCUT2D eigenvalue weighted by molar-refractivity contribution is -0.153. The van der Waals surface area contributed by atoms with Gasteiger partial charge < -0.3 is 14.6 Å². The molecule has 1 heterocycles. The van der Waals surface area contributed by atoms with Crippen LogP contribution in [0.4, 0.5) is 4.79 Å². The summed E-state index contributed by atoms with van der Waals surface area (Å²) >= 11 is 0. The van der Waals surface area contributed by atoms with Crippen LogP contribution in [-0.2, 0) is 14.3 Å². The quantitative estimate of drug-likeness (QED) is 0.774. The Hall–Kier alpha value is -1.30. The summed E-state index contributed by atoms with van der Waals surface area (Å²) in [4.78, 5) is 25.8. The average molecular weight is 285 g/mol. The van der Waals surface area contributed by atoms with E-state index in [1.54, 1.807) is 27.7 Å². The number of fused-ring (bicyclic) bond motifs is 2. The van der Waals surface area contributed by atoms with Crippen molar-refractivity contribution < 1.29 is 24.2 Å². The van der Waals surface area contributed by atoms with Crippen molar-refractivity contribution in [3.05, 3.63) is 0 Å². The lowest BCUT2D eigenvalue weighted by Crippen LogP contribution is -2.54. The van der Waals surface area contributed by atoms with Crippen molar-refractivity contribution in [1.82, 2.24) is 4.90 Å². The molecule has 1 amide bonds. The molecular formula is C14H23NO5. The van der Waals surface area contributed by atoms with E-state index >= 15 is 0 Å². The number of esters is 1. The molecule has 4 atom stereocenters. The van der Waals surface area contributed by atoms with Crippen molar-refractivity contribution >= 4 is 12.1 Å². The second-order valence-electron chi connectivity index (χ2n) is 6.44. The topological polar surface area (TPSA) is 76.1 Å². The Kier molecular flexibility index (Phi) is 3.95. The lowest BCUT2D eigenvalue weighted by atomic mass is 9.96. The number of hydrogen-bond acceptors (Lipinski definition) is 5. The van der Waals surface area contributed by atoms with Crippen LogP contribution in [0.2, 0.25) is 0 Å². The second-order valence-corrected chi connectivity index (χ2v) is 6.44. The van der Waals surface area contributed by atoms with Crippen molar-refractivity contribution in [1.29, 1.82) is 0 Å². The number of aliphatic hydroxyl groups is 1. The molecule has 0 aromatic carbocycles. The molecule has 20 heavy (non-hydrogen) atoms. The molecule has 6 nitrogen and oxygen atoms in total. The van der Waals surface area contributed by atoms with Crippen LogP contribution >= 0.6 is 0 Å². The third-order valence-corrected chi connectivity index (χ3v) is 3.78. The van der Waals surface area contributed by atoms with Gasteiger partial charge in [0.05, 0.1) is 12.7 Å². The molecule has 2 rings (SSSR count). The molecule has 0 aromatic rings. The Morgan fingerprint density at radius 1 is 1.30 bits per heavy atom. The highest BCUT2D eigenvalue weighted by Gasteiger charge is 2.57. The summed E-state index contributed by atoms with van der Waals surface area (Å²) in [6.45, 7) is 7.33. The zero-order valence-electron chi connectivity index (χ0n) is 12.5. The smallest absolute Gasteiger partial charge is 0.411 e. The summed E-state index contributed by atoms with van der Waals surface area (Å²) < 4.78 is 10.4. The maximum Gasteiger partial charge on any atom is 0.411 e. The number of ether oxygens (including phenoxy) is 2. The monoisotopic (exact) mass is 285 g/mol. The predicted octanol–water partition coefficient (Wildman–Crippen LogP) is 1.31. The number of aliphatic hydroxyl groups excluding tert-OH is 1. The summed E-state index contributed by atoms with van der Waals surface area (Å²) in [7, 11) is 0. The van der Waals surface area contributed by atoms with Crippen LogP contribution in [0, 0.1) is 5.92 Å². The van der Waals surface area contributed by atoms with Gasteiger partial charge in [-0.2, -0.15) is 0 Å². The minimum atomic E-state index is -0.724. The summed E-state index contributed by atoms with van der Waals surface area (Å²) in [6.07, 6.45) is 0.0759. The molecule has 2 aliphatic rings. The minimum absolute atomic E-state index is 0.140. The maximum absolute atomic E-state index is 12.3. The second kappa shape index (κ2) is 5.24. The molecule has 0 unspecified atom stereocenters. The summed E-state index contributed by atoms with van der Waals surface area (Å²) in [5, 5.41) is 9.95. The highest BCUT2D eigenvalue weighted by Crippen LogP contribution is 2.43. The maximum atomic E-state index is 12.3. The number of carbonyl (C=O) groups excluding carboxylic acids is 2. The van der Waals surface area contributed by atoms with Crippen LogP contribution in [0.15, 0.2) is 0 Å². The van der Waals surface area contributed by atoms with Gasteiger partial charge in [0.25, 0.3) is 0 Å². The molecule has 0 aromatic heterocycles. The Balaban J connectivity index is 2.17. The Labute approximate surface area is 119 Å². The molecule has 2 bridgehead atoms. The van der Waals surface area contributed by atoms with E-state index < -0.39 is 29.8 Å². The Bertz CT molecular complexity index is 403. The number of likely N-dealkylation sites (tertiary alicyclic amines) is 1. The van der Waals surface area contributed by atoms with Gasteiger partial charge in [-0.3, -0.25) is 4.90 Å². The van der Waals surface area contributed by atoms with Crippen molar-refractivity contribution in [2.45, 2.75) is 64.3 Å². The lowest BCUT2D eigenvalue weighted by Gasteiger charge is -2.36. The largest absolute Gasteiger partial charge is 0.464 e. The zero-order valence-corrected chi connectivity index (χ0v) is 12.5. The van der Waals surface area contributed by atoms with Crippen molar-refractivity contribution in [2.75, 3.05) is 6.61 Å². The van der Waals surface area contributed by atoms with Crippen LogP contribution < -0.4 is 0 Å². The summed E-state index contributed by atoms with van der Waals surface area (Å²) in [5.74, 6) is -0.698. The van der Waals surface area contributed by atoms with E-state index in [-0.39, 0.29) is 18.6 Å². The van der Waals surface area contributed by atoms with E-state index in [9.17, 15) is 14.7 Å². The van der Waals surface area contributed by atoms with Gasteiger partial charge >= 0.3 is 12.1 Å². The molecule has 114 valence electrons. The molecule has 6 heteroatoms. The Morgan fingerprint density at radius 3 is 2.50 bits per heavy atom. The molecule has 2 fully saturated rings. The first-order valence-corrected chi connectivity index (χ1v) is 7.10. The highest BCUT2D eigenvalue weighted by molar-refractivity contribution is 5.83. The first-order valence-electron chi connectivity index (χ1n) is 7.10. The highest BCUT2D eigenvalue weighted by atomic mass is 16.6. The summed E-state index contributed by atoms with van der Waals surface area (Å²) in [5.41, 5.74) is -0.614.